The number of anilines is 4. The SMILES string of the molecule is CC.CC.[CH2-][n+]1c(C)cc(C=CC=C2N(c3ccccc3)c3ccc(S(=O)(=O)O)cc3C2(C)C)cc1C.[CH2-][n+]1c(C)cc(C=CC=C2N(c3ccccc3)c3ccc(S(=O)(=O)[O-])cc3C2(C)C)cc1C.[Re].[Re]. The maximum atomic E-state index is 11.8. The van der Waals surface area contributed by atoms with Crippen LogP contribution >= 0.6 is 0 Å². The summed E-state index contributed by atoms with van der Waals surface area (Å²) in [5, 5.41) is 0. The third-order valence-electron chi connectivity index (χ3n) is 12.4. The van der Waals surface area contributed by atoms with Crippen molar-refractivity contribution in [3.63, 3.8) is 0 Å². The second-order valence-corrected chi connectivity index (χ2v) is 20.5. The fourth-order valence-electron chi connectivity index (χ4n) is 8.72. The Morgan fingerprint density at radius 3 is 1.17 bits per heavy atom. The van der Waals surface area contributed by atoms with Gasteiger partial charge in [0.2, 0.25) is 0 Å². The van der Waals surface area contributed by atoms with Crippen LogP contribution in [0.2, 0.25) is 0 Å². The first-order valence-corrected chi connectivity index (χ1v) is 26.2. The van der Waals surface area contributed by atoms with Gasteiger partial charge in [0.05, 0.1) is 43.9 Å². The summed E-state index contributed by atoms with van der Waals surface area (Å²) in [6.45, 7) is 24.3. The number of para-hydroxylation sites is 2. The van der Waals surface area contributed by atoms with Crippen LogP contribution in [0.25, 0.3) is 12.2 Å². The van der Waals surface area contributed by atoms with E-state index in [1.807, 2.05) is 163 Å². The van der Waals surface area contributed by atoms with Crippen LogP contribution < -0.4 is 18.9 Å². The molecule has 0 unspecified atom stereocenters. The fourth-order valence-corrected chi connectivity index (χ4v) is 9.72. The number of hydrogen-bond donors (Lipinski definition) is 1. The molecule has 72 heavy (non-hydrogen) atoms. The van der Waals surface area contributed by atoms with Gasteiger partial charge in [-0.25, -0.2) is 8.42 Å². The second-order valence-electron chi connectivity index (χ2n) is 17.7. The standard InChI is InChI=1S/2C27H28N2O3S.2C2H6.2Re/c2*1-19-16-21(17-20(2)28(19)5)10-9-13-26-27(3,4)24-18-23(33(30,31)32)14-15-25(24)29(26)22-11-7-6-8-12-22;2*1-2;;/h2*6-18H,5H2,1-4H3,(H,30,31,32);2*1-2H3;;/p-1. The molecule has 0 bridgehead atoms. The van der Waals surface area contributed by atoms with Gasteiger partial charge < -0.3 is 23.5 Å². The van der Waals surface area contributed by atoms with Crippen LogP contribution in [-0.4, -0.2) is 25.9 Å². The minimum Gasteiger partial charge on any atom is -0.744 e. The number of aromatic nitrogens is 2. The zero-order valence-electron chi connectivity index (χ0n) is 43.3. The molecule has 2 aromatic heterocycles. The molecule has 8 rings (SSSR count). The average Bonchev–Trinajstić information content (AvgIpc) is 3.69. The molecule has 0 saturated carbocycles. The molecule has 0 fully saturated rings. The summed E-state index contributed by atoms with van der Waals surface area (Å²) >= 11 is 0. The summed E-state index contributed by atoms with van der Waals surface area (Å²) in [5.74, 6) is 0. The van der Waals surface area contributed by atoms with Crippen molar-refractivity contribution in [2.24, 2.45) is 0 Å². The maximum Gasteiger partial charge on any atom is 0.294 e. The number of fused-ring (bicyclic) bond motifs is 2. The Bertz CT molecular complexity index is 2960. The van der Waals surface area contributed by atoms with Gasteiger partial charge in [0, 0.05) is 88.5 Å². The molecular formula is C58H67N4O6Re2S2-. The molecule has 14 heteroatoms. The van der Waals surface area contributed by atoms with E-state index in [0.29, 0.717) is 0 Å². The minimum atomic E-state index is -4.55. The van der Waals surface area contributed by atoms with Gasteiger partial charge in [-0.15, -0.1) is 0 Å². The van der Waals surface area contributed by atoms with Gasteiger partial charge in [0.1, 0.15) is 10.1 Å². The molecule has 2 radical (unpaired) electrons. The van der Waals surface area contributed by atoms with Crippen molar-refractivity contribution in [3.05, 3.63) is 216 Å². The first kappa shape index (κ1) is 60.9. The van der Waals surface area contributed by atoms with Crippen LogP contribution in [0.15, 0.2) is 167 Å². The molecule has 0 spiro atoms. The predicted molar refractivity (Wildman–Crippen MR) is 285 cm³/mol. The molecule has 10 nitrogen and oxygen atoms in total. The van der Waals surface area contributed by atoms with Gasteiger partial charge >= 0.3 is 0 Å². The average molecular weight is 1350 g/mol. The van der Waals surface area contributed by atoms with Crippen LogP contribution in [0.1, 0.15) is 100 Å². The summed E-state index contributed by atoms with van der Waals surface area (Å²) in [6, 6.07) is 37.6. The van der Waals surface area contributed by atoms with Gasteiger partial charge in [-0.1, -0.05) is 116 Å². The number of benzene rings is 4. The molecule has 0 aliphatic carbocycles. The Morgan fingerprint density at radius 1 is 0.528 bits per heavy atom. The molecule has 6 aromatic rings. The van der Waals surface area contributed by atoms with Gasteiger partial charge in [-0.05, 0) is 147 Å². The summed E-state index contributed by atoms with van der Waals surface area (Å²) in [4.78, 5) is 3.94. The van der Waals surface area contributed by atoms with Crippen molar-refractivity contribution >= 4 is 55.1 Å². The summed E-state index contributed by atoms with van der Waals surface area (Å²) in [7, 11) is -0.796. The van der Waals surface area contributed by atoms with E-state index in [2.05, 4.69) is 74.2 Å². The monoisotopic (exact) mass is 1350 g/mol. The number of rotatable bonds is 8. The van der Waals surface area contributed by atoms with Crippen LogP contribution in [0.5, 0.6) is 0 Å². The molecule has 0 atom stereocenters. The number of allylic oxidation sites excluding steroid dienone is 6. The number of pyridine rings is 2. The molecule has 0 amide bonds. The molecule has 382 valence electrons. The Kier molecular flexibility index (Phi) is 21.2. The first-order chi connectivity index (χ1) is 33.0. The summed E-state index contributed by atoms with van der Waals surface area (Å²) < 4.78 is 72.0. The molecule has 2 aliphatic rings. The smallest absolute Gasteiger partial charge is 0.294 e. The minimum absolute atomic E-state index is 0. The van der Waals surface area contributed by atoms with Gasteiger partial charge in [-0.3, -0.25) is 4.55 Å². The quantitative estimate of drug-likeness (QED) is 0.0907. The zero-order valence-corrected chi connectivity index (χ0v) is 50.3. The third kappa shape index (κ3) is 13.2. The van der Waals surface area contributed by atoms with Crippen LogP contribution in [0.4, 0.5) is 22.7 Å². The topological polar surface area (TPSA) is 126 Å². The predicted octanol–water partition coefficient (Wildman–Crippen LogP) is 12.7. The Balaban J connectivity index is 0.000000347. The van der Waals surface area contributed by atoms with Crippen molar-refractivity contribution in [3.8, 4) is 0 Å². The van der Waals surface area contributed by atoms with Gasteiger partial charge in [0.25, 0.3) is 10.1 Å². The Labute approximate surface area is 457 Å². The van der Waals surface area contributed by atoms with E-state index in [4.69, 9.17) is 0 Å². The van der Waals surface area contributed by atoms with Crippen molar-refractivity contribution < 1.29 is 75.9 Å². The van der Waals surface area contributed by atoms with Gasteiger partial charge in [-0.2, -0.15) is 8.42 Å². The molecule has 2 aliphatic heterocycles. The van der Waals surface area contributed by atoms with Crippen LogP contribution in [-0.2, 0) is 71.9 Å². The number of hydrogen-bond acceptors (Lipinski definition) is 7. The van der Waals surface area contributed by atoms with E-state index >= 15 is 0 Å². The number of nitrogens with zero attached hydrogens (tertiary/aromatic N) is 4. The Morgan fingerprint density at radius 2 is 0.847 bits per heavy atom. The van der Waals surface area contributed by atoms with Gasteiger partial charge in [0.15, 0.2) is 0 Å². The van der Waals surface area contributed by atoms with E-state index < -0.39 is 31.1 Å². The van der Waals surface area contributed by atoms with E-state index in [-0.39, 0.29) is 50.6 Å². The summed E-state index contributed by atoms with van der Waals surface area (Å²) in [5.41, 5.74) is 12.7. The Hall–Kier alpha value is -5.38. The maximum absolute atomic E-state index is 11.8. The first-order valence-electron chi connectivity index (χ1n) is 23.4. The largest absolute Gasteiger partial charge is 0.744 e. The molecule has 1 N–H and O–H groups in total. The van der Waals surface area contributed by atoms with Crippen molar-refractivity contribution in [1.82, 2.24) is 0 Å². The van der Waals surface area contributed by atoms with Crippen LogP contribution in [0, 0.1) is 41.8 Å². The van der Waals surface area contributed by atoms with E-state index in [0.717, 1.165) is 79.2 Å². The molecule has 4 heterocycles. The normalized spacial score (nSPS) is 15.3. The third-order valence-corrected chi connectivity index (χ3v) is 14.1. The fraction of sp³-hybridized carbons (Fsp3) is 0.241. The van der Waals surface area contributed by atoms with Crippen molar-refractivity contribution in [1.29, 1.82) is 0 Å². The van der Waals surface area contributed by atoms with E-state index in [1.165, 1.54) is 18.2 Å². The molecular weight excluding hydrogens is 1290 g/mol. The zero-order chi connectivity index (χ0) is 51.9. The van der Waals surface area contributed by atoms with E-state index in [9.17, 15) is 25.9 Å². The van der Waals surface area contributed by atoms with Crippen LogP contribution in [0.3, 0.4) is 0 Å². The van der Waals surface area contributed by atoms with Crippen molar-refractivity contribution in [2.75, 3.05) is 9.80 Å². The van der Waals surface area contributed by atoms with Crippen molar-refractivity contribution in [2.45, 2.75) is 104 Å². The van der Waals surface area contributed by atoms with E-state index in [1.54, 1.807) is 18.2 Å². The number of aryl methyl sites for hydroxylation is 4. The molecule has 4 aromatic carbocycles. The second kappa shape index (κ2) is 25.0. The molecule has 0 saturated heterocycles. The summed E-state index contributed by atoms with van der Waals surface area (Å²) in [6.07, 6.45) is 12.2.